The Labute approximate surface area is 97.8 Å². The molecule has 2 rings (SSSR count). The van der Waals surface area contributed by atoms with Gasteiger partial charge in [-0.1, -0.05) is 26.2 Å². The van der Waals surface area contributed by atoms with Crippen LogP contribution >= 0.6 is 0 Å². The van der Waals surface area contributed by atoms with Crippen molar-refractivity contribution in [2.75, 3.05) is 13.1 Å². The molecule has 0 aromatic carbocycles. The van der Waals surface area contributed by atoms with Gasteiger partial charge in [0.25, 0.3) is 0 Å². The van der Waals surface area contributed by atoms with Crippen LogP contribution in [0.15, 0.2) is 0 Å². The SMILES string of the molecule is CCC1CCN(C2CCCCC2C(=O)O)C1. The zero-order chi connectivity index (χ0) is 11.5. The van der Waals surface area contributed by atoms with E-state index in [2.05, 4.69) is 11.8 Å². The summed E-state index contributed by atoms with van der Waals surface area (Å²) in [7, 11) is 0. The Morgan fingerprint density at radius 3 is 2.69 bits per heavy atom. The molecule has 16 heavy (non-hydrogen) atoms. The first-order valence-electron chi connectivity index (χ1n) is 6.69. The highest BCUT2D eigenvalue weighted by Gasteiger charge is 2.37. The molecule has 1 heterocycles. The molecular weight excluding hydrogens is 202 g/mol. The minimum absolute atomic E-state index is 0.107. The second kappa shape index (κ2) is 5.17. The van der Waals surface area contributed by atoms with E-state index in [1.807, 2.05) is 0 Å². The number of likely N-dealkylation sites (tertiary alicyclic amines) is 1. The highest BCUT2D eigenvalue weighted by atomic mass is 16.4. The molecule has 3 heteroatoms. The molecule has 92 valence electrons. The molecule has 3 atom stereocenters. The average molecular weight is 225 g/mol. The highest BCUT2D eigenvalue weighted by molar-refractivity contribution is 5.71. The molecule has 1 N–H and O–H groups in total. The van der Waals surface area contributed by atoms with Gasteiger partial charge in [0.1, 0.15) is 0 Å². The monoisotopic (exact) mass is 225 g/mol. The van der Waals surface area contributed by atoms with Gasteiger partial charge in [-0.3, -0.25) is 9.69 Å². The number of nitrogens with zero attached hydrogens (tertiary/aromatic N) is 1. The maximum atomic E-state index is 11.2. The molecule has 0 aromatic heterocycles. The normalized spacial score (nSPS) is 36.4. The first kappa shape index (κ1) is 11.9. The van der Waals surface area contributed by atoms with Crippen molar-refractivity contribution in [1.82, 2.24) is 4.90 Å². The molecule has 0 aromatic rings. The van der Waals surface area contributed by atoms with E-state index in [0.717, 1.165) is 38.3 Å². The van der Waals surface area contributed by atoms with Crippen LogP contribution in [0.5, 0.6) is 0 Å². The van der Waals surface area contributed by atoms with E-state index in [9.17, 15) is 9.90 Å². The minimum Gasteiger partial charge on any atom is -0.481 e. The van der Waals surface area contributed by atoms with Gasteiger partial charge in [0, 0.05) is 12.6 Å². The largest absolute Gasteiger partial charge is 0.481 e. The Morgan fingerprint density at radius 1 is 1.31 bits per heavy atom. The lowest BCUT2D eigenvalue weighted by Crippen LogP contribution is -2.44. The van der Waals surface area contributed by atoms with Crippen molar-refractivity contribution in [3.63, 3.8) is 0 Å². The smallest absolute Gasteiger partial charge is 0.308 e. The van der Waals surface area contributed by atoms with Gasteiger partial charge in [0.05, 0.1) is 5.92 Å². The summed E-state index contributed by atoms with van der Waals surface area (Å²) >= 11 is 0. The second-order valence-electron chi connectivity index (χ2n) is 5.35. The minimum atomic E-state index is -0.579. The fraction of sp³-hybridized carbons (Fsp3) is 0.923. The molecule has 2 aliphatic rings. The number of rotatable bonds is 3. The second-order valence-corrected chi connectivity index (χ2v) is 5.35. The number of carboxylic acid groups (broad SMARTS) is 1. The number of carbonyl (C=O) groups is 1. The average Bonchev–Trinajstić information content (AvgIpc) is 2.77. The molecule has 1 aliphatic heterocycles. The van der Waals surface area contributed by atoms with Crippen molar-refractivity contribution in [3.05, 3.63) is 0 Å². The third kappa shape index (κ3) is 2.40. The van der Waals surface area contributed by atoms with Gasteiger partial charge < -0.3 is 5.11 Å². The van der Waals surface area contributed by atoms with Crippen LogP contribution in [0.3, 0.4) is 0 Å². The Kier molecular flexibility index (Phi) is 3.85. The summed E-state index contributed by atoms with van der Waals surface area (Å²) in [5.41, 5.74) is 0. The first-order valence-corrected chi connectivity index (χ1v) is 6.69. The fourth-order valence-corrected chi connectivity index (χ4v) is 3.33. The van der Waals surface area contributed by atoms with E-state index in [-0.39, 0.29) is 5.92 Å². The molecule has 0 bridgehead atoms. The quantitative estimate of drug-likeness (QED) is 0.801. The molecule has 0 spiro atoms. The Balaban J connectivity index is 1.98. The maximum absolute atomic E-state index is 11.2. The number of hydrogen-bond acceptors (Lipinski definition) is 2. The predicted molar refractivity (Wildman–Crippen MR) is 63.4 cm³/mol. The summed E-state index contributed by atoms with van der Waals surface area (Å²) in [5.74, 6) is 0.116. The van der Waals surface area contributed by atoms with E-state index >= 15 is 0 Å². The van der Waals surface area contributed by atoms with E-state index in [1.54, 1.807) is 0 Å². The molecule has 0 radical (unpaired) electrons. The van der Waals surface area contributed by atoms with Gasteiger partial charge in [-0.15, -0.1) is 0 Å². The van der Waals surface area contributed by atoms with Crippen LogP contribution in [0.25, 0.3) is 0 Å². The first-order chi connectivity index (χ1) is 7.72. The van der Waals surface area contributed by atoms with Crippen LogP contribution in [-0.2, 0) is 4.79 Å². The van der Waals surface area contributed by atoms with Crippen LogP contribution < -0.4 is 0 Å². The van der Waals surface area contributed by atoms with Crippen molar-refractivity contribution in [1.29, 1.82) is 0 Å². The van der Waals surface area contributed by atoms with Crippen LogP contribution in [-0.4, -0.2) is 35.1 Å². The molecule has 0 amide bonds. The maximum Gasteiger partial charge on any atom is 0.308 e. The zero-order valence-electron chi connectivity index (χ0n) is 10.2. The van der Waals surface area contributed by atoms with Crippen molar-refractivity contribution in [2.24, 2.45) is 11.8 Å². The third-order valence-electron chi connectivity index (χ3n) is 4.41. The van der Waals surface area contributed by atoms with E-state index in [1.165, 1.54) is 19.3 Å². The lowest BCUT2D eigenvalue weighted by Gasteiger charge is -2.35. The lowest BCUT2D eigenvalue weighted by atomic mass is 9.83. The Morgan fingerprint density at radius 2 is 2.06 bits per heavy atom. The summed E-state index contributed by atoms with van der Waals surface area (Å²) in [6, 6.07) is 0.322. The summed E-state index contributed by atoms with van der Waals surface area (Å²) in [4.78, 5) is 13.7. The summed E-state index contributed by atoms with van der Waals surface area (Å²) in [5, 5.41) is 9.27. The summed E-state index contributed by atoms with van der Waals surface area (Å²) in [6.45, 7) is 4.49. The summed E-state index contributed by atoms with van der Waals surface area (Å²) < 4.78 is 0. The van der Waals surface area contributed by atoms with Gasteiger partial charge in [-0.2, -0.15) is 0 Å². The molecule has 3 nitrogen and oxygen atoms in total. The third-order valence-corrected chi connectivity index (χ3v) is 4.41. The molecule has 2 fully saturated rings. The molecule has 1 saturated heterocycles. The van der Waals surface area contributed by atoms with Gasteiger partial charge in [0.15, 0.2) is 0 Å². The van der Waals surface area contributed by atoms with Crippen LogP contribution in [0, 0.1) is 11.8 Å². The van der Waals surface area contributed by atoms with Gasteiger partial charge >= 0.3 is 5.97 Å². The van der Waals surface area contributed by atoms with Crippen LogP contribution in [0.2, 0.25) is 0 Å². The van der Waals surface area contributed by atoms with Gasteiger partial charge in [0.2, 0.25) is 0 Å². The number of hydrogen-bond donors (Lipinski definition) is 1. The van der Waals surface area contributed by atoms with E-state index in [4.69, 9.17) is 0 Å². The summed E-state index contributed by atoms with van der Waals surface area (Å²) in [6.07, 6.45) is 6.78. The highest BCUT2D eigenvalue weighted by Crippen LogP contribution is 2.32. The van der Waals surface area contributed by atoms with Gasteiger partial charge in [-0.05, 0) is 31.7 Å². The fourth-order valence-electron chi connectivity index (χ4n) is 3.33. The standard InChI is InChI=1S/C13H23NO2/c1-2-10-7-8-14(9-10)12-6-4-3-5-11(12)13(15)16/h10-12H,2-9H2,1H3,(H,15,16). The van der Waals surface area contributed by atoms with Gasteiger partial charge in [-0.25, -0.2) is 0 Å². The number of carboxylic acids is 1. The predicted octanol–water partition coefficient (Wildman–Crippen LogP) is 2.36. The molecule has 1 aliphatic carbocycles. The molecule has 3 unspecified atom stereocenters. The van der Waals surface area contributed by atoms with Crippen molar-refractivity contribution in [2.45, 2.75) is 51.5 Å². The topological polar surface area (TPSA) is 40.5 Å². The number of aliphatic carboxylic acids is 1. The van der Waals surface area contributed by atoms with E-state index < -0.39 is 5.97 Å². The Bertz CT molecular complexity index is 254. The molecular formula is C13H23NO2. The van der Waals surface area contributed by atoms with Crippen molar-refractivity contribution >= 4 is 5.97 Å². The van der Waals surface area contributed by atoms with Crippen LogP contribution in [0.1, 0.15) is 45.4 Å². The van der Waals surface area contributed by atoms with Crippen LogP contribution in [0.4, 0.5) is 0 Å². The lowest BCUT2D eigenvalue weighted by molar-refractivity contribution is -0.145. The zero-order valence-corrected chi connectivity index (χ0v) is 10.2. The van der Waals surface area contributed by atoms with Crippen molar-refractivity contribution in [3.8, 4) is 0 Å². The molecule has 1 saturated carbocycles. The van der Waals surface area contributed by atoms with E-state index in [0.29, 0.717) is 6.04 Å². The van der Waals surface area contributed by atoms with Crippen molar-refractivity contribution < 1.29 is 9.90 Å². The Hall–Kier alpha value is -0.570.